The molecule has 178 valence electrons. The Hall–Kier alpha value is -3.30. The van der Waals surface area contributed by atoms with Crippen molar-refractivity contribution < 1.29 is 22.1 Å². The van der Waals surface area contributed by atoms with Gasteiger partial charge in [-0.1, -0.05) is 35.5 Å². The molecule has 1 fully saturated rings. The van der Waals surface area contributed by atoms with E-state index in [0.29, 0.717) is 18.4 Å². The first kappa shape index (κ1) is 23.8. The molecule has 1 aliphatic heterocycles. The number of amides is 1. The van der Waals surface area contributed by atoms with Gasteiger partial charge in [-0.05, 0) is 62.6 Å². The number of rotatable bonds is 6. The summed E-state index contributed by atoms with van der Waals surface area (Å²) in [5.74, 6) is -0.779. The SMILES string of the molecule is Cc1cccc(NC(=O)C2CCN(S(=O)(=O)c3c(C)noc3/C=C/c3ccccc3F)CC2)c1. The molecular formula is C25H26FN3O4S. The minimum atomic E-state index is -3.91. The molecule has 2 aromatic carbocycles. The van der Waals surface area contributed by atoms with Crippen LogP contribution in [0.1, 0.15) is 35.4 Å². The maximum atomic E-state index is 13.9. The number of anilines is 1. The van der Waals surface area contributed by atoms with Crippen LogP contribution in [0.5, 0.6) is 0 Å². The van der Waals surface area contributed by atoms with Crippen LogP contribution >= 0.6 is 0 Å². The molecule has 0 spiro atoms. The fraction of sp³-hybridized carbons (Fsp3) is 0.280. The summed E-state index contributed by atoms with van der Waals surface area (Å²) in [6.07, 6.45) is 3.67. The molecular weight excluding hydrogens is 457 g/mol. The second-order valence-electron chi connectivity index (χ2n) is 8.35. The molecule has 0 radical (unpaired) electrons. The average molecular weight is 484 g/mol. The molecule has 0 saturated carbocycles. The molecule has 7 nitrogen and oxygen atoms in total. The molecule has 1 amide bonds. The zero-order valence-electron chi connectivity index (χ0n) is 19.0. The Labute approximate surface area is 198 Å². The number of sulfonamides is 1. The van der Waals surface area contributed by atoms with E-state index in [-0.39, 0.29) is 41.3 Å². The molecule has 34 heavy (non-hydrogen) atoms. The fourth-order valence-corrected chi connectivity index (χ4v) is 5.75. The summed E-state index contributed by atoms with van der Waals surface area (Å²) in [4.78, 5) is 12.6. The van der Waals surface area contributed by atoms with E-state index in [2.05, 4.69) is 10.5 Å². The Morgan fingerprint density at radius 3 is 2.56 bits per heavy atom. The zero-order valence-corrected chi connectivity index (χ0v) is 19.8. The van der Waals surface area contributed by atoms with Crippen LogP contribution in [0.2, 0.25) is 0 Å². The van der Waals surface area contributed by atoms with Gasteiger partial charge in [0.25, 0.3) is 0 Å². The van der Waals surface area contributed by atoms with Crippen molar-refractivity contribution in [3.05, 3.63) is 76.9 Å². The Morgan fingerprint density at radius 2 is 1.85 bits per heavy atom. The maximum Gasteiger partial charge on any atom is 0.248 e. The summed E-state index contributed by atoms with van der Waals surface area (Å²) in [7, 11) is -3.91. The van der Waals surface area contributed by atoms with Gasteiger partial charge in [0.2, 0.25) is 15.9 Å². The van der Waals surface area contributed by atoms with Gasteiger partial charge in [-0.15, -0.1) is 0 Å². The van der Waals surface area contributed by atoms with Crippen LogP contribution in [0.25, 0.3) is 12.2 Å². The van der Waals surface area contributed by atoms with Gasteiger partial charge in [-0.2, -0.15) is 4.31 Å². The number of carbonyl (C=O) groups is 1. The largest absolute Gasteiger partial charge is 0.355 e. The molecule has 1 aromatic heterocycles. The highest BCUT2D eigenvalue weighted by Gasteiger charge is 2.36. The minimum Gasteiger partial charge on any atom is -0.355 e. The molecule has 0 aliphatic carbocycles. The van der Waals surface area contributed by atoms with E-state index in [0.717, 1.165) is 11.3 Å². The first-order valence-electron chi connectivity index (χ1n) is 11.0. The molecule has 9 heteroatoms. The van der Waals surface area contributed by atoms with Crippen molar-refractivity contribution in [1.29, 1.82) is 0 Å². The van der Waals surface area contributed by atoms with E-state index >= 15 is 0 Å². The lowest BCUT2D eigenvalue weighted by Gasteiger charge is -2.30. The predicted molar refractivity (Wildman–Crippen MR) is 128 cm³/mol. The number of piperidine rings is 1. The third-order valence-electron chi connectivity index (χ3n) is 5.86. The van der Waals surface area contributed by atoms with Gasteiger partial charge in [0, 0.05) is 30.3 Å². The Kier molecular flexibility index (Phi) is 6.95. The van der Waals surface area contributed by atoms with E-state index in [4.69, 9.17) is 4.52 Å². The lowest BCUT2D eigenvalue weighted by atomic mass is 9.97. The van der Waals surface area contributed by atoms with Crippen LogP contribution in [0.4, 0.5) is 10.1 Å². The third-order valence-corrected chi connectivity index (χ3v) is 7.92. The van der Waals surface area contributed by atoms with Gasteiger partial charge >= 0.3 is 0 Å². The number of aryl methyl sites for hydroxylation is 2. The molecule has 1 N–H and O–H groups in total. The number of hydrogen-bond donors (Lipinski definition) is 1. The molecule has 0 atom stereocenters. The van der Waals surface area contributed by atoms with Crippen molar-refractivity contribution in [2.24, 2.45) is 5.92 Å². The first-order valence-corrected chi connectivity index (χ1v) is 12.5. The molecule has 0 unspecified atom stereocenters. The van der Waals surface area contributed by atoms with Crippen LogP contribution in [0.3, 0.4) is 0 Å². The van der Waals surface area contributed by atoms with Gasteiger partial charge in [0.15, 0.2) is 10.7 Å². The van der Waals surface area contributed by atoms with Crippen molar-refractivity contribution in [1.82, 2.24) is 9.46 Å². The Bertz CT molecular complexity index is 1330. The molecule has 2 heterocycles. The molecule has 1 aliphatic rings. The van der Waals surface area contributed by atoms with E-state index in [1.807, 2.05) is 31.2 Å². The van der Waals surface area contributed by atoms with Crippen molar-refractivity contribution in [3.8, 4) is 0 Å². The van der Waals surface area contributed by atoms with Crippen LogP contribution in [0, 0.1) is 25.6 Å². The summed E-state index contributed by atoms with van der Waals surface area (Å²) < 4.78 is 47.3. The standard InChI is InChI=1S/C25H26FN3O4S/c1-17-6-5-8-21(16-17)27-25(30)20-12-14-29(15-13-20)34(31,32)24-18(2)28-33-23(24)11-10-19-7-3-4-9-22(19)26/h3-11,16,20H,12-15H2,1-2H3,(H,27,30)/b11-10+. The van der Waals surface area contributed by atoms with Gasteiger partial charge in [-0.25, -0.2) is 12.8 Å². The average Bonchev–Trinajstić information content (AvgIpc) is 3.19. The number of nitrogens with zero attached hydrogens (tertiary/aromatic N) is 2. The lowest BCUT2D eigenvalue weighted by Crippen LogP contribution is -2.41. The van der Waals surface area contributed by atoms with E-state index in [1.165, 1.54) is 22.5 Å². The first-order chi connectivity index (χ1) is 16.3. The second-order valence-corrected chi connectivity index (χ2v) is 10.2. The van der Waals surface area contributed by atoms with E-state index < -0.39 is 15.8 Å². The number of halogens is 1. The van der Waals surface area contributed by atoms with Crippen LogP contribution in [0.15, 0.2) is 57.9 Å². The zero-order chi connectivity index (χ0) is 24.3. The summed E-state index contributed by atoms with van der Waals surface area (Å²) >= 11 is 0. The number of hydrogen-bond acceptors (Lipinski definition) is 5. The minimum absolute atomic E-state index is 0.0391. The highest BCUT2D eigenvalue weighted by Crippen LogP contribution is 2.30. The Balaban J connectivity index is 1.46. The van der Waals surface area contributed by atoms with Gasteiger partial charge in [0.05, 0.1) is 0 Å². The van der Waals surface area contributed by atoms with Crippen LogP contribution in [-0.4, -0.2) is 36.9 Å². The van der Waals surface area contributed by atoms with E-state index in [1.54, 1.807) is 25.1 Å². The monoisotopic (exact) mass is 483 g/mol. The molecule has 3 aromatic rings. The number of aromatic nitrogens is 1. The normalized spacial score (nSPS) is 15.6. The van der Waals surface area contributed by atoms with Crippen molar-refractivity contribution in [2.45, 2.75) is 31.6 Å². The van der Waals surface area contributed by atoms with Gasteiger partial charge < -0.3 is 9.84 Å². The summed E-state index contributed by atoms with van der Waals surface area (Å²) in [5.41, 5.74) is 2.31. The van der Waals surface area contributed by atoms with Crippen LogP contribution in [-0.2, 0) is 14.8 Å². The quantitative estimate of drug-likeness (QED) is 0.551. The Morgan fingerprint density at radius 1 is 1.12 bits per heavy atom. The van der Waals surface area contributed by atoms with Crippen LogP contribution < -0.4 is 5.32 Å². The second kappa shape index (κ2) is 9.90. The lowest BCUT2D eigenvalue weighted by molar-refractivity contribution is -0.120. The summed E-state index contributed by atoms with van der Waals surface area (Å²) in [6.45, 7) is 3.91. The maximum absolute atomic E-state index is 13.9. The highest BCUT2D eigenvalue weighted by atomic mass is 32.2. The summed E-state index contributed by atoms with van der Waals surface area (Å²) in [6, 6.07) is 13.7. The fourth-order valence-electron chi connectivity index (χ4n) is 4.03. The van der Waals surface area contributed by atoms with E-state index in [9.17, 15) is 17.6 Å². The van der Waals surface area contributed by atoms with Gasteiger partial charge in [0.1, 0.15) is 11.5 Å². The predicted octanol–water partition coefficient (Wildman–Crippen LogP) is 4.64. The number of carbonyl (C=O) groups excluding carboxylic acids is 1. The van der Waals surface area contributed by atoms with Crippen molar-refractivity contribution >= 4 is 33.8 Å². The van der Waals surface area contributed by atoms with Crippen molar-refractivity contribution in [3.63, 3.8) is 0 Å². The molecule has 1 saturated heterocycles. The topological polar surface area (TPSA) is 92.5 Å². The number of nitrogens with one attached hydrogen (secondary N) is 1. The number of benzene rings is 2. The molecule has 4 rings (SSSR count). The highest BCUT2D eigenvalue weighted by molar-refractivity contribution is 7.89. The smallest absolute Gasteiger partial charge is 0.248 e. The van der Waals surface area contributed by atoms with Crippen molar-refractivity contribution in [2.75, 3.05) is 18.4 Å². The van der Waals surface area contributed by atoms with Gasteiger partial charge in [-0.3, -0.25) is 4.79 Å². The molecule has 0 bridgehead atoms. The third kappa shape index (κ3) is 5.10. The summed E-state index contributed by atoms with van der Waals surface area (Å²) in [5, 5.41) is 6.74.